The van der Waals surface area contributed by atoms with Gasteiger partial charge in [-0.15, -0.1) is 0 Å². The van der Waals surface area contributed by atoms with E-state index < -0.39 is 0 Å². The minimum Gasteiger partial charge on any atom is -0.388 e. The second-order valence-corrected chi connectivity index (χ2v) is 6.24. The number of benzene rings is 1. The fourth-order valence-corrected chi connectivity index (χ4v) is 3.29. The number of aromatic nitrogens is 3. The maximum absolute atomic E-state index is 10.7. The Labute approximate surface area is 131 Å². The molecule has 3 rings (SSSR count). The predicted octanol–water partition coefficient (Wildman–Crippen LogP) is 2.07. The topological polar surface area (TPSA) is 54.2 Å². The molecule has 1 aliphatic heterocycles. The van der Waals surface area contributed by atoms with Gasteiger partial charge in [-0.25, -0.2) is 0 Å². The van der Waals surface area contributed by atoms with Crippen LogP contribution in [0, 0.1) is 12.8 Å². The first-order valence-electron chi connectivity index (χ1n) is 7.94. The van der Waals surface area contributed by atoms with Gasteiger partial charge in [0.15, 0.2) is 0 Å². The van der Waals surface area contributed by atoms with E-state index in [0.29, 0.717) is 5.92 Å². The standard InChI is InChI=1S/C17H24N4O/c1-13-5-3-4-6-16(13)17(22)14-7-9-21(10-8-14)12-15-11-18-20(2)19-15/h3-6,11,14,17,22H,7-10,12H2,1-2H3. The van der Waals surface area contributed by atoms with Crippen LogP contribution in [0.25, 0.3) is 0 Å². The summed E-state index contributed by atoms with van der Waals surface area (Å²) in [6.45, 7) is 4.93. The van der Waals surface area contributed by atoms with Crippen molar-refractivity contribution in [3.63, 3.8) is 0 Å². The lowest BCUT2D eigenvalue weighted by Gasteiger charge is -2.34. The number of aliphatic hydroxyl groups is 1. The minimum atomic E-state index is -0.347. The molecule has 2 aromatic rings. The SMILES string of the molecule is Cc1ccccc1C(O)C1CCN(Cc2cnn(C)n2)CC1. The molecule has 1 unspecified atom stereocenters. The van der Waals surface area contributed by atoms with Crippen LogP contribution in [0.2, 0.25) is 0 Å². The van der Waals surface area contributed by atoms with E-state index >= 15 is 0 Å². The number of rotatable bonds is 4. The summed E-state index contributed by atoms with van der Waals surface area (Å²) in [5.74, 6) is 0.346. The second-order valence-electron chi connectivity index (χ2n) is 6.24. The Kier molecular flexibility index (Phi) is 4.55. The largest absolute Gasteiger partial charge is 0.388 e. The number of hydrogen-bond donors (Lipinski definition) is 1. The first kappa shape index (κ1) is 15.2. The quantitative estimate of drug-likeness (QED) is 0.939. The zero-order chi connectivity index (χ0) is 15.5. The number of nitrogens with zero attached hydrogens (tertiary/aromatic N) is 4. The van der Waals surface area contributed by atoms with Crippen LogP contribution in [-0.4, -0.2) is 38.1 Å². The summed E-state index contributed by atoms with van der Waals surface area (Å²) in [7, 11) is 1.84. The summed E-state index contributed by atoms with van der Waals surface area (Å²) >= 11 is 0. The molecule has 0 radical (unpaired) electrons. The molecule has 1 N–H and O–H groups in total. The molecule has 0 aliphatic carbocycles. The molecular formula is C17H24N4O. The highest BCUT2D eigenvalue weighted by Gasteiger charge is 2.27. The average molecular weight is 300 g/mol. The Hall–Kier alpha value is -1.72. The molecule has 5 nitrogen and oxygen atoms in total. The zero-order valence-corrected chi connectivity index (χ0v) is 13.3. The third-order valence-corrected chi connectivity index (χ3v) is 4.62. The first-order valence-corrected chi connectivity index (χ1v) is 7.94. The van der Waals surface area contributed by atoms with Crippen molar-refractivity contribution >= 4 is 0 Å². The lowest BCUT2D eigenvalue weighted by molar-refractivity contribution is 0.0560. The Morgan fingerprint density at radius 1 is 1.27 bits per heavy atom. The van der Waals surface area contributed by atoms with E-state index in [2.05, 4.69) is 28.1 Å². The van der Waals surface area contributed by atoms with E-state index in [4.69, 9.17) is 0 Å². The molecule has 1 fully saturated rings. The Morgan fingerprint density at radius 3 is 2.64 bits per heavy atom. The van der Waals surface area contributed by atoms with Crippen LogP contribution in [0.1, 0.15) is 35.8 Å². The summed E-state index contributed by atoms with van der Waals surface area (Å²) in [5.41, 5.74) is 3.27. The molecule has 0 amide bonds. The summed E-state index contributed by atoms with van der Waals surface area (Å²) in [4.78, 5) is 4.00. The van der Waals surface area contributed by atoms with E-state index in [0.717, 1.165) is 43.7 Å². The van der Waals surface area contributed by atoms with Crippen molar-refractivity contribution in [1.29, 1.82) is 0 Å². The van der Waals surface area contributed by atoms with E-state index in [1.54, 1.807) is 4.80 Å². The van der Waals surface area contributed by atoms with E-state index in [1.165, 1.54) is 5.56 Å². The van der Waals surface area contributed by atoms with Gasteiger partial charge in [0.1, 0.15) is 0 Å². The number of aliphatic hydroxyl groups excluding tert-OH is 1. The van der Waals surface area contributed by atoms with Gasteiger partial charge in [0.25, 0.3) is 0 Å². The lowest BCUT2D eigenvalue weighted by Crippen LogP contribution is -2.35. The van der Waals surface area contributed by atoms with Crippen molar-refractivity contribution < 1.29 is 5.11 Å². The highest BCUT2D eigenvalue weighted by atomic mass is 16.3. The Bertz CT molecular complexity index is 617. The summed E-state index contributed by atoms with van der Waals surface area (Å²) in [6.07, 6.45) is 3.53. The molecule has 1 saturated heterocycles. The molecule has 1 aromatic carbocycles. The highest BCUT2D eigenvalue weighted by Crippen LogP contribution is 2.32. The van der Waals surface area contributed by atoms with Gasteiger partial charge in [0, 0.05) is 13.6 Å². The van der Waals surface area contributed by atoms with Crippen LogP contribution in [0.3, 0.4) is 0 Å². The summed E-state index contributed by atoms with van der Waals surface area (Å²) in [5, 5.41) is 19.1. The van der Waals surface area contributed by atoms with Crippen molar-refractivity contribution in [3.8, 4) is 0 Å². The second kappa shape index (κ2) is 6.58. The van der Waals surface area contributed by atoms with E-state index in [9.17, 15) is 5.11 Å². The van der Waals surface area contributed by atoms with E-state index in [1.807, 2.05) is 31.4 Å². The van der Waals surface area contributed by atoms with Crippen molar-refractivity contribution in [2.75, 3.05) is 13.1 Å². The van der Waals surface area contributed by atoms with Gasteiger partial charge in [-0.1, -0.05) is 24.3 Å². The van der Waals surface area contributed by atoms with Gasteiger partial charge < -0.3 is 5.11 Å². The third kappa shape index (κ3) is 3.36. The van der Waals surface area contributed by atoms with Crippen molar-refractivity contribution in [1.82, 2.24) is 19.9 Å². The molecule has 118 valence electrons. The normalized spacial score (nSPS) is 18.5. The van der Waals surface area contributed by atoms with Crippen molar-refractivity contribution in [2.45, 2.75) is 32.4 Å². The molecule has 1 atom stereocenters. The Balaban J connectivity index is 1.56. The van der Waals surface area contributed by atoms with Crippen LogP contribution in [0.5, 0.6) is 0 Å². The maximum atomic E-state index is 10.7. The lowest BCUT2D eigenvalue weighted by atomic mass is 9.86. The highest BCUT2D eigenvalue weighted by molar-refractivity contribution is 5.28. The summed E-state index contributed by atoms with van der Waals surface area (Å²) < 4.78 is 0. The smallest absolute Gasteiger partial charge is 0.0967 e. The van der Waals surface area contributed by atoms with Crippen LogP contribution in [0.4, 0.5) is 0 Å². The number of piperidine rings is 1. The molecule has 5 heteroatoms. The molecule has 1 aromatic heterocycles. The van der Waals surface area contributed by atoms with E-state index in [-0.39, 0.29) is 6.10 Å². The maximum Gasteiger partial charge on any atom is 0.0967 e. The number of hydrogen-bond acceptors (Lipinski definition) is 4. The molecule has 2 heterocycles. The van der Waals surface area contributed by atoms with Gasteiger partial charge in [-0.2, -0.15) is 15.0 Å². The fourth-order valence-electron chi connectivity index (χ4n) is 3.29. The van der Waals surface area contributed by atoms with Gasteiger partial charge in [0.05, 0.1) is 18.0 Å². The van der Waals surface area contributed by atoms with Crippen LogP contribution >= 0.6 is 0 Å². The number of aryl methyl sites for hydroxylation is 2. The predicted molar refractivity (Wildman–Crippen MR) is 85.1 cm³/mol. The number of likely N-dealkylation sites (tertiary alicyclic amines) is 1. The molecule has 0 spiro atoms. The van der Waals surface area contributed by atoms with Gasteiger partial charge in [-0.05, 0) is 49.9 Å². The molecule has 1 aliphatic rings. The van der Waals surface area contributed by atoms with Crippen LogP contribution in [0.15, 0.2) is 30.5 Å². The summed E-state index contributed by atoms with van der Waals surface area (Å²) in [6, 6.07) is 8.15. The minimum absolute atomic E-state index is 0.346. The van der Waals surface area contributed by atoms with Gasteiger partial charge >= 0.3 is 0 Å². The molecular weight excluding hydrogens is 276 g/mol. The molecule has 0 bridgehead atoms. The first-order chi connectivity index (χ1) is 10.6. The van der Waals surface area contributed by atoms with Crippen LogP contribution in [-0.2, 0) is 13.6 Å². The van der Waals surface area contributed by atoms with Gasteiger partial charge in [-0.3, -0.25) is 4.90 Å². The Morgan fingerprint density at radius 2 is 2.00 bits per heavy atom. The average Bonchev–Trinajstić information content (AvgIpc) is 2.93. The third-order valence-electron chi connectivity index (χ3n) is 4.62. The van der Waals surface area contributed by atoms with Crippen molar-refractivity contribution in [3.05, 3.63) is 47.3 Å². The molecule has 22 heavy (non-hydrogen) atoms. The van der Waals surface area contributed by atoms with Crippen LogP contribution < -0.4 is 0 Å². The zero-order valence-electron chi connectivity index (χ0n) is 13.3. The van der Waals surface area contributed by atoms with Gasteiger partial charge in [0.2, 0.25) is 0 Å². The monoisotopic (exact) mass is 300 g/mol. The fraction of sp³-hybridized carbons (Fsp3) is 0.529. The molecule has 0 saturated carbocycles. The van der Waals surface area contributed by atoms with Crippen molar-refractivity contribution in [2.24, 2.45) is 13.0 Å².